The molecule has 0 aromatic heterocycles. The van der Waals surface area contributed by atoms with Crippen LogP contribution in [0.5, 0.6) is 0 Å². The van der Waals surface area contributed by atoms with Crippen molar-refractivity contribution >= 4 is 29.0 Å². The molecule has 0 fully saturated rings. The van der Waals surface area contributed by atoms with Crippen molar-refractivity contribution in [1.82, 2.24) is 10.8 Å². The Labute approximate surface area is 180 Å². The second-order valence-corrected chi connectivity index (χ2v) is 7.02. The average Bonchev–Trinajstić information content (AvgIpc) is 2.77. The van der Waals surface area contributed by atoms with Crippen LogP contribution in [0.1, 0.15) is 34.3 Å². The van der Waals surface area contributed by atoms with Crippen LogP contribution in [0.4, 0.5) is 0 Å². The fourth-order valence-electron chi connectivity index (χ4n) is 2.74. The fraction of sp³-hybridized carbons (Fsp3) is 0.273. The molecule has 160 valence electrons. The van der Waals surface area contributed by atoms with E-state index in [4.69, 9.17) is 26.3 Å². The number of hydrogen-bond acceptors (Lipinski definition) is 5. The topological polar surface area (TPSA) is 96.9 Å². The summed E-state index contributed by atoms with van der Waals surface area (Å²) < 4.78 is 10.1. The summed E-state index contributed by atoms with van der Waals surface area (Å²) in [4.78, 5) is 23.9. The van der Waals surface area contributed by atoms with Gasteiger partial charge in [-0.2, -0.15) is 0 Å². The van der Waals surface area contributed by atoms with E-state index in [0.717, 1.165) is 16.7 Å². The predicted octanol–water partition coefficient (Wildman–Crippen LogP) is 3.41. The van der Waals surface area contributed by atoms with Crippen LogP contribution in [0.2, 0.25) is 5.02 Å². The summed E-state index contributed by atoms with van der Waals surface area (Å²) in [5, 5.41) is 12.1. The molecule has 0 radical (unpaired) electrons. The Morgan fingerprint density at radius 1 is 1.07 bits per heavy atom. The Kier molecular flexibility index (Phi) is 9.50. The van der Waals surface area contributed by atoms with Crippen molar-refractivity contribution in [2.75, 3.05) is 20.5 Å². The van der Waals surface area contributed by atoms with Crippen molar-refractivity contribution in [1.29, 1.82) is 0 Å². The molecule has 0 saturated carbocycles. The molecular formula is C22H25ClN2O5. The standard InChI is InChI=1S/C22H25ClN2O5/c1-15(17-7-9-19(23)10-8-17)16-3-5-18(6-4-16)22(27)24-20(13-30-14-29-2)11-12-21(26)25-28/h3-10,20,28H,1,11-14H2,2H3,(H,24,27)(H,25,26)/t20-/m0/s1. The lowest BCUT2D eigenvalue weighted by Crippen LogP contribution is -2.39. The molecule has 0 saturated heterocycles. The van der Waals surface area contributed by atoms with Gasteiger partial charge in [-0.3, -0.25) is 14.8 Å². The molecule has 0 aliphatic rings. The van der Waals surface area contributed by atoms with Gasteiger partial charge in [0.15, 0.2) is 0 Å². The first-order valence-electron chi connectivity index (χ1n) is 9.30. The SMILES string of the molecule is C=C(c1ccc(Cl)cc1)c1ccc(C(=O)N[C@@H](CCC(=O)NO)COCOC)cc1. The number of hydrogen-bond donors (Lipinski definition) is 3. The molecule has 3 N–H and O–H groups in total. The van der Waals surface area contributed by atoms with E-state index in [1.807, 2.05) is 24.3 Å². The third kappa shape index (κ3) is 7.27. The summed E-state index contributed by atoms with van der Waals surface area (Å²) in [5.74, 6) is -0.833. The van der Waals surface area contributed by atoms with Gasteiger partial charge >= 0.3 is 0 Å². The Morgan fingerprint density at radius 3 is 2.20 bits per heavy atom. The summed E-state index contributed by atoms with van der Waals surface area (Å²) in [5.41, 5.74) is 4.68. The van der Waals surface area contributed by atoms with E-state index in [9.17, 15) is 9.59 Å². The maximum absolute atomic E-state index is 12.6. The largest absolute Gasteiger partial charge is 0.359 e. The van der Waals surface area contributed by atoms with E-state index in [1.165, 1.54) is 7.11 Å². The van der Waals surface area contributed by atoms with E-state index in [2.05, 4.69) is 11.9 Å². The van der Waals surface area contributed by atoms with E-state index < -0.39 is 11.9 Å². The normalized spacial score (nSPS) is 11.6. The predicted molar refractivity (Wildman–Crippen MR) is 114 cm³/mol. The first-order chi connectivity index (χ1) is 14.4. The molecular weight excluding hydrogens is 408 g/mol. The summed E-state index contributed by atoms with van der Waals surface area (Å²) in [6.45, 7) is 4.35. The molecule has 1 atom stereocenters. The minimum atomic E-state index is -0.536. The van der Waals surface area contributed by atoms with Gasteiger partial charge in [-0.05, 0) is 47.4 Å². The molecule has 2 rings (SSSR count). The van der Waals surface area contributed by atoms with Gasteiger partial charge in [-0.15, -0.1) is 0 Å². The van der Waals surface area contributed by atoms with Crippen molar-refractivity contribution in [3.63, 3.8) is 0 Å². The zero-order valence-corrected chi connectivity index (χ0v) is 17.4. The van der Waals surface area contributed by atoms with Gasteiger partial charge in [-0.1, -0.05) is 42.4 Å². The van der Waals surface area contributed by atoms with Crippen LogP contribution in [0.15, 0.2) is 55.1 Å². The summed E-state index contributed by atoms with van der Waals surface area (Å²) in [7, 11) is 1.49. The average molecular weight is 433 g/mol. The summed E-state index contributed by atoms with van der Waals surface area (Å²) in [6.07, 6.45) is 0.338. The number of carbonyl (C=O) groups excluding carboxylic acids is 2. The first kappa shape index (κ1) is 23.6. The van der Waals surface area contributed by atoms with Gasteiger partial charge in [0, 0.05) is 24.1 Å². The van der Waals surface area contributed by atoms with Crippen LogP contribution in [-0.2, 0) is 14.3 Å². The molecule has 2 aromatic rings. The van der Waals surface area contributed by atoms with Gasteiger partial charge in [0.1, 0.15) is 6.79 Å². The Hall–Kier alpha value is -2.71. The van der Waals surface area contributed by atoms with E-state index in [1.54, 1.807) is 29.7 Å². The minimum Gasteiger partial charge on any atom is -0.359 e. The molecule has 7 nitrogen and oxygen atoms in total. The van der Waals surface area contributed by atoms with Crippen LogP contribution in [0.25, 0.3) is 5.57 Å². The fourth-order valence-corrected chi connectivity index (χ4v) is 2.87. The monoisotopic (exact) mass is 432 g/mol. The highest BCUT2D eigenvalue weighted by Gasteiger charge is 2.16. The lowest BCUT2D eigenvalue weighted by molar-refractivity contribution is -0.129. The molecule has 30 heavy (non-hydrogen) atoms. The molecule has 2 aromatic carbocycles. The number of nitrogens with one attached hydrogen (secondary N) is 2. The van der Waals surface area contributed by atoms with E-state index >= 15 is 0 Å². The Morgan fingerprint density at radius 2 is 1.63 bits per heavy atom. The zero-order chi connectivity index (χ0) is 21.9. The lowest BCUT2D eigenvalue weighted by Gasteiger charge is -2.18. The number of halogens is 1. The van der Waals surface area contributed by atoms with Gasteiger partial charge in [-0.25, -0.2) is 5.48 Å². The molecule has 8 heteroatoms. The maximum atomic E-state index is 12.6. The van der Waals surface area contributed by atoms with Crippen molar-refractivity contribution in [2.24, 2.45) is 0 Å². The minimum absolute atomic E-state index is 0.0393. The van der Waals surface area contributed by atoms with Gasteiger partial charge in [0.05, 0.1) is 12.6 Å². The number of rotatable bonds is 11. The molecule has 0 aliphatic carbocycles. The summed E-state index contributed by atoms with van der Waals surface area (Å²) in [6, 6.07) is 14.0. The summed E-state index contributed by atoms with van der Waals surface area (Å²) >= 11 is 5.92. The van der Waals surface area contributed by atoms with Crippen molar-refractivity contribution in [3.05, 3.63) is 76.8 Å². The number of ether oxygens (including phenoxy) is 2. The number of amides is 2. The van der Waals surface area contributed by atoms with E-state index in [-0.39, 0.29) is 25.7 Å². The van der Waals surface area contributed by atoms with Crippen LogP contribution in [0, 0.1) is 0 Å². The molecule has 0 unspecified atom stereocenters. The number of hydroxylamine groups is 1. The van der Waals surface area contributed by atoms with Gasteiger partial charge in [0.25, 0.3) is 5.91 Å². The highest BCUT2D eigenvalue weighted by molar-refractivity contribution is 6.30. The van der Waals surface area contributed by atoms with Crippen LogP contribution in [0.3, 0.4) is 0 Å². The highest BCUT2D eigenvalue weighted by atomic mass is 35.5. The van der Waals surface area contributed by atoms with Crippen molar-refractivity contribution in [2.45, 2.75) is 18.9 Å². The Balaban J connectivity index is 2.01. The quantitative estimate of drug-likeness (QED) is 0.219. The zero-order valence-electron chi connectivity index (χ0n) is 16.7. The maximum Gasteiger partial charge on any atom is 0.251 e. The van der Waals surface area contributed by atoms with Gasteiger partial charge < -0.3 is 14.8 Å². The smallest absolute Gasteiger partial charge is 0.251 e. The number of carbonyl (C=O) groups is 2. The molecule has 2 amide bonds. The second-order valence-electron chi connectivity index (χ2n) is 6.58. The van der Waals surface area contributed by atoms with Crippen molar-refractivity contribution < 1.29 is 24.3 Å². The van der Waals surface area contributed by atoms with Crippen LogP contribution >= 0.6 is 11.6 Å². The number of benzene rings is 2. The third-order valence-electron chi connectivity index (χ3n) is 4.39. The molecule has 0 heterocycles. The van der Waals surface area contributed by atoms with Crippen LogP contribution in [-0.4, -0.2) is 43.6 Å². The molecule has 0 spiro atoms. The Bertz CT molecular complexity index is 853. The first-order valence-corrected chi connectivity index (χ1v) is 9.68. The molecule has 0 bridgehead atoms. The molecule has 0 aliphatic heterocycles. The van der Waals surface area contributed by atoms with Crippen LogP contribution < -0.4 is 10.8 Å². The number of methoxy groups -OCH3 is 1. The highest BCUT2D eigenvalue weighted by Crippen LogP contribution is 2.23. The lowest BCUT2D eigenvalue weighted by atomic mass is 9.98. The van der Waals surface area contributed by atoms with Crippen molar-refractivity contribution in [3.8, 4) is 0 Å². The van der Waals surface area contributed by atoms with Gasteiger partial charge in [0.2, 0.25) is 5.91 Å². The van der Waals surface area contributed by atoms with E-state index in [0.29, 0.717) is 17.0 Å². The third-order valence-corrected chi connectivity index (χ3v) is 4.64. The second kappa shape index (κ2) is 12.1.